The number of carbonyl (C=O) groups excluding carboxylic acids is 4. The average Bonchev–Trinajstić information content (AvgIpc) is 3.24. The van der Waals surface area contributed by atoms with Gasteiger partial charge in [0.2, 0.25) is 5.91 Å². The number of rotatable bonds is 21. The van der Waals surface area contributed by atoms with Gasteiger partial charge in [-0.3, -0.25) is 19.2 Å². The van der Waals surface area contributed by atoms with E-state index in [1.165, 1.54) is 0 Å². The molecule has 7 heteroatoms. The monoisotopic (exact) mass is 551 g/mol. The summed E-state index contributed by atoms with van der Waals surface area (Å²) < 4.78 is 11.8. The summed E-state index contributed by atoms with van der Waals surface area (Å²) in [6.45, 7) is 17.1. The SMILES string of the molecule is CC(C)OC[C@@H]1C[C@@H](OC(C)C)CN1C(=O)CCCCC(=O)CC(CC(=O)CCCCC(=O)C(C)C)C(C)C. The lowest BCUT2D eigenvalue weighted by Gasteiger charge is -2.25. The predicted molar refractivity (Wildman–Crippen MR) is 156 cm³/mol. The van der Waals surface area contributed by atoms with Crippen LogP contribution in [0.5, 0.6) is 0 Å². The van der Waals surface area contributed by atoms with Gasteiger partial charge in [0.15, 0.2) is 0 Å². The van der Waals surface area contributed by atoms with E-state index >= 15 is 0 Å². The third-order valence-corrected chi connectivity index (χ3v) is 7.57. The van der Waals surface area contributed by atoms with E-state index in [0.29, 0.717) is 64.5 Å². The lowest BCUT2D eigenvalue weighted by atomic mass is 9.84. The molecule has 1 aliphatic heterocycles. The Balaban J connectivity index is 2.41. The maximum absolute atomic E-state index is 13.0. The van der Waals surface area contributed by atoms with E-state index in [9.17, 15) is 19.2 Å². The summed E-state index contributed by atoms with van der Waals surface area (Å²) >= 11 is 0. The highest BCUT2D eigenvalue weighted by molar-refractivity contribution is 5.82. The fourth-order valence-corrected chi connectivity index (χ4v) is 5.11. The first-order valence-corrected chi connectivity index (χ1v) is 15.4. The number of carbonyl (C=O) groups is 4. The summed E-state index contributed by atoms with van der Waals surface area (Å²) in [4.78, 5) is 51.9. The standard InChI is InChI=1S/C32H57NO6/c1-22(2)26(17-28(34)13-9-11-15-31(36)23(3)4)18-29(35)14-10-12-16-32(37)33-20-30(39-25(7)8)19-27(33)21-38-24(5)6/h22-27,30H,9-21H2,1-8H3/t26?,27-,30+/m0/s1. The topological polar surface area (TPSA) is 90.0 Å². The molecule has 0 saturated carbocycles. The molecule has 7 nitrogen and oxygen atoms in total. The molecule has 1 aliphatic rings. The van der Waals surface area contributed by atoms with Crippen molar-refractivity contribution in [2.75, 3.05) is 13.2 Å². The van der Waals surface area contributed by atoms with Crippen molar-refractivity contribution in [3.8, 4) is 0 Å². The van der Waals surface area contributed by atoms with Gasteiger partial charge in [0.25, 0.3) is 0 Å². The van der Waals surface area contributed by atoms with Crippen LogP contribution in [0.3, 0.4) is 0 Å². The van der Waals surface area contributed by atoms with Crippen LogP contribution in [0.25, 0.3) is 0 Å². The van der Waals surface area contributed by atoms with E-state index in [1.54, 1.807) is 0 Å². The highest BCUT2D eigenvalue weighted by atomic mass is 16.5. The first-order chi connectivity index (χ1) is 18.3. The van der Waals surface area contributed by atoms with Gasteiger partial charge in [-0.25, -0.2) is 0 Å². The maximum Gasteiger partial charge on any atom is 0.222 e. The van der Waals surface area contributed by atoms with Crippen LogP contribution in [0.1, 0.15) is 126 Å². The fraction of sp³-hybridized carbons (Fsp3) is 0.875. The lowest BCUT2D eigenvalue weighted by molar-refractivity contribution is -0.134. The van der Waals surface area contributed by atoms with Gasteiger partial charge < -0.3 is 14.4 Å². The normalized spacial score (nSPS) is 18.5. The Morgan fingerprint density at radius 1 is 0.744 bits per heavy atom. The molecule has 0 aromatic carbocycles. The molecule has 0 aromatic heterocycles. The Morgan fingerprint density at radius 3 is 1.77 bits per heavy atom. The van der Waals surface area contributed by atoms with Crippen molar-refractivity contribution in [3.05, 3.63) is 0 Å². The van der Waals surface area contributed by atoms with E-state index in [2.05, 4.69) is 13.8 Å². The predicted octanol–water partition coefficient (Wildman–Crippen LogP) is 6.34. The van der Waals surface area contributed by atoms with E-state index in [-0.39, 0.29) is 65.4 Å². The Kier molecular flexibility index (Phi) is 17.0. The van der Waals surface area contributed by atoms with Crippen LogP contribution >= 0.6 is 0 Å². The van der Waals surface area contributed by atoms with Crippen LogP contribution in [0.2, 0.25) is 0 Å². The van der Waals surface area contributed by atoms with Crippen LogP contribution in [-0.4, -0.2) is 65.7 Å². The van der Waals surface area contributed by atoms with Crippen LogP contribution in [-0.2, 0) is 28.7 Å². The molecule has 1 unspecified atom stereocenters. The van der Waals surface area contributed by atoms with Crippen molar-refractivity contribution in [1.82, 2.24) is 4.90 Å². The molecule has 1 fully saturated rings. The zero-order valence-corrected chi connectivity index (χ0v) is 26.1. The first-order valence-electron chi connectivity index (χ1n) is 15.4. The van der Waals surface area contributed by atoms with Crippen molar-refractivity contribution < 1.29 is 28.7 Å². The molecule has 0 aromatic rings. The molecule has 1 heterocycles. The summed E-state index contributed by atoms with van der Waals surface area (Å²) in [5.41, 5.74) is 0. The van der Waals surface area contributed by atoms with E-state index in [4.69, 9.17) is 9.47 Å². The van der Waals surface area contributed by atoms with Gasteiger partial charge in [0.05, 0.1) is 31.0 Å². The summed E-state index contributed by atoms with van der Waals surface area (Å²) in [5, 5.41) is 0. The number of ketones is 3. The van der Waals surface area contributed by atoms with Crippen LogP contribution < -0.4 is 0 Å². The summed E-state index contributed by atoms with van der Waals surface area (Å²) in [6.07, 6.45) is 6.63. The average molecular weight is 552 g/mol. The smallest absolute Gasteiger partial charge is 0.222 e. The lowest BCUT2D eigenvalue weighted by Crippen LogP contribution is -2.39. The quantitative estimate of drug-likeness (QED) is 0.155. The van der Waals surface area contributed by atoms with E-state index in [1.807, 2.05) is 46.4 Å². The summed E-state index contributed by atoms with van der Waals surface area (Å²) in [6, 6.07) is 0.0327. The number of ether oxygens (including phenoxy) is 2. The van der Waals surface area contributed by atoms with Gasteiger partial charge >= 0.3 is 0 Å². The summed E-state index contributed by atoms with van der Waals surface area (Å²) in [7, 11) is 0. The van der Waals surface area contributed by atoms with Crippen molar-refractivity contribution in [3.63, 3.8) is 0 Å². The molecule has 3 atom stereocenters. The first kappa shape index (κ1) is 35.4. The zero-order chi connectivity index (χ0) is 29.5. The highest BCUT2D eigenvalue weighted by Crippen LogP contribution is 2.25. The number of unbranched alkanes of at least 4 members (excludes halogenated alkanes) is 2. The van der Waals surface area contributed by atoms with Gasteiger partial charge in [-0.05, 0) is 71.6 Å². The number of hydrogen-bond acceptors (Lipinski definition) is 6. The minimum atomic E-state index is 0.0327. The van der Waals surface area contributed by atoms with Crippen molar-refractivity contribution in [2.24, 2.45) is 17.8 Å². The molecule has 39 heavy (non-hydrogen) atoms. The third-order valence-electron chi connectivity index (χ3n) is 7.57. The van der Waals surface area contributed by atoms with Crippen LogP contribution in [0, 0.1) is 17.8 Å². The molecule has 0 N–H and O–H groups in total. The number of amides is 1. The third kappa shape index (κ3) is 15.1. The Morgan fingerprint density at radius 2 is 1.28 bits per heavy atom. The van der Waals surface area contributed by atoms with Crippen LogP contribution in [0.15, 0.2) is 0 Å². The zero-order valence-electron chi connectivity index (χ0n) is 26.1. The Hall–Kier alpha value is -1.60. The van der Waals surface area contributed by atoms with Gasteiger partial charge in [-0.2, -0.15) is 0 Å². The fourth-order valence-electron chi connectivity index (χ4n) is 5.11. The molecular weight excluding hydrogens is 494 g/mol. The highest BCUT2D eigenvalue weighted by Gasteiger charge is 2.36. The maximum atomic E-state index is 13.0. The molecular formula is C32H57NO6. The molecule has 1 rings (SSSR count). The molecule has 1 amide bonds. The number of Topliss-reactive ketones (excluding diaryl/α,β-unsaturated/α-hetero) is 3. The Bertz CT molecular complexity index is 760. The van der Waals surface area contributed by atoms with Gasteiger partial charge in [0, 0.05) is 51.0 Å². The molecule has 0 spiro atoms. The summed E-state index contributed by atoms with van der Waals surface area (Å²) in [5.74, 6) is 1.07. The van der Waals surface area contributed by atoms with Gasteiger partial charge in [-0.15, -0.1) is 0 Å². The molecule has 0 aliphatic carbocycles. The van der Waals surface area contributed by atoms with Crippen molar-refractivity contribution >= 4 is 23.3 Å². The largest absolute Gasteiger partial charge is 0.377 e. The number of hydrogen-bond donors (Lipinski definition) is 0. The second-order valence-electron chi connectivity index (χ2n) is 12.6. The van der Waals surface area contributed by atoms with Gasteiger partial charge in [-0.1, -0.05) is 27.7 Å². The second kappa shape index (κ2) is 18.7. The molecule has 1 saturated heterocycles. The van der Waals surface area contributed by atoms with E-state index in [0.717, 1.165) is 19.3 Å². The second-order valence-corrected chi connectivity index (χ2v) is 12.6. The molecule has 0 bridgehead atoms. The molecule has 0 radical (unpaired) electrons. The van der Waals surface area contributed by atoms with Gasteiger partial charge in [0.1, 0.15) is 17.3 Å². The molecule has 226 valence electrons. The van der Waals surface area contributed by atoms with Crippen molar-refractivity contribution in [1.29, 1.82) is 0 Å². The van der Waals surface area contributed by atoms with Crippen molar-refractivity contribution in [2.45, 2.75) is 150 Å². The minimum absolute atomic E-state index is 0.0327. The number of nitrogens with zero attached hydrogens (tertiary/aromatic N) is 1. The van der Waals surface area contributed by atoms with Crippen LogP contribution in [0.4, 0.5) is 0 Å². The number of likely N-dealkylation sites (tertiary alicyclic amines) is 1. The van der Waals surface area contributed by atoms with E-state index < -0.39 is 0 Å². The minimum Gasteiger partial charge on any atom is -0.377 e. The Labute approximate surface area is 238 Å².